The molecular formula is C13H28N2. The minimum absolute atomic E-state index is 0.589. The van der Waals surface area contributed by atoms with E-state index >= 15 is 0 Å². The van der Waals surface area contributed by atoms with Gasteiger partial charge in [-0.25, -0.2) is 0 Å². The Hall–Kier alpha value is -0.0800. The third kappa shape index (κ3) is 5.53. The molecule has 0 atom stereocenters. The van der Waals surface area contributed by atoms with Crippen LogP contribution in [-0.4, -0.2) is 19.6 Å². The maximum Gasteiger partial charge on any atom is 0.000516 e. The molecule has 0 unspecified atom stereocenters. The Morgan fingerprint density at radius 2 is 1.80 bits per heavy atom. The van der Waals surface area contributed by atoms with Crippen LogP contribution in [0.15, 0.2) is 0 Å². The molecular weight excluding hydrogens is 184 g/mol. The molecule has 0 bridgehead atoms. The molecule has 0 aliphatic heterocycles. The summed E-state index contributed by atoms with van der Waals surface area (Å²) in [5, 5.41) is 3.61. The monoisotopic (exact) mass is 212 g/mol. The van der Waals surface area contributed by atoms with Gasteiger partial charge in [0.2, 0.25) is 0 Å². The van der Waals surface area contributed by atoms with Gasteiger partial charge in [0, 0.05) is 6.54 Å². The lowest BCUT2D eigenvalue weighted by Gasteiger charge is -2.33. The van der Waals surface area contributed by atoms with Gasteiger partial charge < -0.3 is 11.1 Å². The van der Waals surface area contributed by atoms with Gasteiger partial charge in [-0.3, -0.25) is 0 Å². The Labute approximate surface area is 95.0 Å². The van der Waals surface area contributed by atoms with E-state index in [1.54, 1.807) is 0 Å². The lowest BCUT2D eigenvalue weighted by molar-refractivity contribution is 0.208. The van der Waals surface area contributed by atoms with Crippen LogP contribution in [0.5, 0.6) is 0 Å². The van der Waals surface area contributed by atoms with Crippen molar-refractivity contribution in [3.8, 4) is 0 Å². The van der Waals surface area contributed by atoms with Crippen LogP contribution in [0.2, 0.25) is 0 Å². The minimum atomic E-state index is 0.589. The van der Waals surface area contributed by atoms with Gasteiger partial charge in [0.05, 0.1) is 0 Å². The van der Waals surface area contributed by atoms with E-state index in [2.05, 4.69) is 12.2 Å². The number of rotatable bonds is 7. The summed E-state index contributed by atoms with van der Waals surface area (Å²) in [6.45, 7) is 5.68. The zero-order valence-corrected chi connectivity index (χ0v) is 10.4. The highest BCUT2D eigenvalue weighted by Crippen LogP contribution is 2.34. The Kier molecular flexibility index (Phi) is 6.26. The van der Waals surface area contributed by atoms with Crippen molar-refractivity contribution in [2.24, 2.45) is 11.1 Å². The molecule has 15 heavy (non-hydrogen) atoms. The molecule has 0 aromatic rings. The maximum absolute atomic E-state index is 5.46. The molecule has 0 amide bonds. The molecule has 0 heterocycles. The van der Waals surface area contributed by atoms with Crippen LogP contribution in [-0.2, 0) is 0 Å². The summed E-state index contributed by atoms with van der Waals surface area (Å²) in [5.41, 5.74) is 6.05. The van der Waals surface area contributed by atoms with Crippen LogP contribution in [0.1, 0.15) is 58.3 Å². The van der Waals surface area contributed by atoms with Crippen molar-refractivity contribution in [2.45, 2.75) is 58.3 Å². The van der Waals surface area contributed by atoms with Gasteiger partial charge in [-0.1, -0.05) is 32.6 Å². The van der Waals surface area contributed by atoms with Crippen LogP contribution in [0.4, 0.5) is 0 Å². The van der Waals surface area contributed by atoms with Crippen LogP contribution >= 0.6 is 0 Å². The predicted octanol–water partition coefficient (Wildman–Crippen LogP) is 2.68. The fraction of sp³-hybridized carbons (Fsp3) is 1.00. The van der Waals surface area contributed by atoms with Crippen LogP contribution in [0.3, 0.4) is 0 Å². The lowest BCUT2D eigenvalue weighted by atomic mass is 9.76. The Bertz CT molecular complexity index is 151. The molecule has 0 aromatic carbocycles. The molecule has 1 aliphatic rings. The van der Waals surface area contributed by atoms with E-state index in [4.69, 9.17) is 5.73 Å². The van der Waals surface area contributed by atoms with Crippen LogP contribution < -0.4 is 11.1 Å². The highest BCUT2D eigenvalue weighted by atomic mass is 14.9. The smallest absolute Gasteiger partial charge is 0.000516 e. The van der Waals surface area contributed by atoms with Gasteiger partial charge in [-0.15, -0.1) is 0 Å². The highest BCUT2D eigenvalue weighted by molar-refractivity contribution is 4.80. The summed E-state index contributed by atoms with van der Waals surface area (Å²) in [6, 6.07) is 0. The number of hydrogen-bond acceptors (Lipinski definition) is 2. The summed E-state index contributed by atoms with van der Waals surface area (Å²) in [4.78, 5) is 0. The van der Waals surface area contributed by atoms with Gasteiger partial charge in [0.15, 0.2) is 0 Å². The minimum Gasteiger partial charge on any atom is -0.330 e. The van der Waals surface area contributed by atoms with Crippen molar-refractivity contribution in [2.75, 3.05) is 19.6 Å². The molecule has 0 spiro atoms. The maximum atomic E-state index is 5.46. The topological polar surface area (TPSA) is 38.0 Å². The van der Waals surface area contributed by atoms with Crippen molar-refractivity contribution in [3.05, 3.63) is 0 Å². The predicted molar refractivity (Wildman–Crippen MR) is 67.0 cm³/mol. The first-order chi connectivity index (χ1) is 7.27. The standard InChI is InChI=1S/C13H28N2/c1-13(8-4-2-5-9-13)12-15-11-7-3-6-10-14/h15H,2-12,14H2,1H3. The first-order valence-corrected chi connectivity index (χ1v) is 6.68. The average Bonchev–Trinajstić information content (AvgIpc) is 2.24. The van der Waals surface area contributed by atoms with Crippen molar-refractivity contribution < 1.29 is 0 Å². The van der Waals surface area contributed by atoms with Crippen molar-refractivity contribution in [1.82, 2.24) is 5.32 Å². The Morgan fingerprint density at radius 1 is 1.07 bits per heavy atom. The zero-order valence-electron chi connectivity index (χ0n) is 10.4. The molecule has 0 aromatic heterocycles. The zero-order chi connectivity index (χ0) is 11.0. The van der Waals surface area contributed by atoms with E-state index in [1.807, 2.05) is 0 Å². The summed E-state index contributed by atoms with van der Waals surface area (Å²) in [6.07, 6.45) is 10.9. The third-order valence-corrected chi connectivity index (χ3v) is 3.67. The van der Waals surface area contributed by atoms with E-state index in [9.17, 15) is 0 Å². The molecule has 2 nitrogen and oxygen atoms in total. The molecule has 1 aliphatic carbocycles. The number of unbranched alkanes of at least 4 members (excludes halogenated alkanes) is 2. The van der Waals surface area contributed by atoms with Crippen molar-refractivity contribution in [3.63, 3.8) is 0 Å². The molecule has 1 fully saturated rings. The first-order valence-electron chi connectivity index (χ1n) is 6.68. The van der Waals surface area contributed by atoms with E-state index < -0.39 is 0 Å². The van der Waals surface area contributed by atoms with Gasteiger partial charge in [0.25, 0.3) is 0 Å². The van der Waals surface area contributed by atoms with Gasteiger partial charge in [-0.2, -0.15) is 0 Å². The van der Waals surface area contributed by atoms with Gasteiger partial charge in [-0.05, 0) is 44.2 Å². The fourth-order valence-electron chi connectivity index (χ4n) is 2.54. The summed E-state index contributed by atoms with van der Waals surface area (Å²) in [7, 11) is 0. The quantitative estimate of drug-likeness (QED) is 0.637. The number of hydrogen-bond donors (Lipinski definition) is 2. The van der Waals surface area contributed by atoms with E-state index in [1.165, 1.54) is 64.5 Å². The SMILES string of the molecule is CC1(CNCCCCCN)CCCCC1. The number of nitrogens with one attached hydrogen (secondary N) is 1. The average molecular weight is 212 g/mol. The van der Waals surface area contributed by atoms with Gasteiger partial charge in [0.1, 0.15) is 0 Å². The summed E-state index contributed by atoms with van der Waals surface area (Å²) < 4.78 is 0. The molecule has 3 N–H and O–H groups in total. The second kappa shape index (κ2) is 7.24. The molecule has 0 saturated heterocycles. The van der Waals surface area contributed by atoms with E-state index in [0.717, 1.165) is 6.54 Å². The van der Waals surface area contributed by atoms with Crippen LogP contribution in [0, 0.1) is 5.41 Å². The first kappa shape index (κ1) is 13.0. The molecule has 2 heteroatoms. The normalized spacial score (nSPS) is 20.4. The summed E-state index contributed by atoms with van der Waals surface area (Å²) >= 11 is 0. The molecule has 90 valence electrons. The van der Waals surface area contributed by atoms with Crippen LogP contribution in [0.25, 0.3) is 0 Å². The van der Waals surface area contributed by atoms with Crippen molar-refractivity contribution in [1.29, 1.82) is 0 Å². The fourth-order valence-corrected chi connectivity index (χ4v) is 2.54. The second-order valence-electron chi connectivity index (χ2n) is 5.40. The second-order valence-corrected chi connectivity index (χ2v) is 5.40. The summed E-state index contributed by atoms with van der Waals surface area (Å²) in [5.74, 6) is 0. The molecule has 1 saturated carbocycles. The van der Waals surface area contributed by atoms with Gasteiger partial charge >= 0.3 is 0 Å². The number of nitrogens with two attached hydrogens (primary N) is 1. The Balaban J connectivity index is 1.98. The largest absolute Gasteiger partial charge is 0.330 e. The van der Waals surface area contributed by atoms with Crippen molar-refractivity contribution >= 4 is 0 Å². The third-order valence-electron chi connectivity index (χ3n) is 3.67. The molecule has 0 radical (unpaired) electrons. The van der Waals surface area contributed by atoms with E-state index in [0.29, 0.717) is 5.41 Å². The molecule has 1 rings (SSSR count). The lowest BCUT2D eigenvalue weighted by Crippen LogP contribution is -2.34. The van der Waals surface area contributed by atoms with E-state index in [-0.39, 0.29) is 0 Å². The highest BCUT2D eigenvalue weighted by Gasteiger charge is 2.25. The Morgan fingerprint density at radius 3 is 2.47 bits per heavy atom.